The Bertz CT molecular complexity index is 724. The molecule has 0 heterocycles. The smallest absolute Gasteiger partial charge is 0.203 e. The molecular formula is C18H20O5. The number of rotatable bonds is 5. The maximum atomic E-state index is 12.8. The third-order valence-corrected chi connectivity index (χ3v) is 3.93. The Kier molecular flexibility index (Phi) is 4.79. The van der Waals surface area contributed by atoms with Crippen LogP contribution in [0.1, 0.15) is 27.0 Å². The highest BCUT2D eigenvalue weighted by Gasteiger charge is 2.20. The Morgan fingerprint density at radius 2 is 1.48 bits per heavy atom. The summed E-state index contributed by atoms with van der Waals surface area (Å²) in [7, 11) is 4.51. The van der Waals surface area contributed by atoms with Gasteiger partial charge in [-0.05, 0) is 49.2 Å². The lowest BCUT2D eigenvalue weighted by atomic mass is 9.95. The zero-order valence-corrected chi connectivity index (χ0v) is 13.9. The molecule has 0 atom stereocenters. The number of methoxy groups -OCH3 is 3. The predicted molar refractivity (Wildman–Crippen MR) is 87.1 cm³/mol. The first-order valence-corrected chi connectivity index (χ1v) is 7.08. The number of benzene rings is 2. The van der Waals surface area contributed by atoms with Crippen LogP contribution in [0.15, 0.2) is 24.3 Å². The first-order valence-electron chi connectivity index (χ1n) is 7.08. The van der Waals surface area contributed by atoms with E-state index < -0.39 is 0 Å². The van der Waals surface area contributed by atoms with Crippen LogP contribution in [0.4, 0.5) is 0 Å². The van der Waals surface area contributed by atoms with Crippen LogP contribution in [0.25, 0.3) is 0 Å². The fourth-order valence-electron chi connectivity index (χ4n) is 2.42. The van der Waals surface area contributed by atoms with E-state index in [1.165, 1.54) is 27.4 Å². The van der Waals surface area contributed by atoms with E-state index in [1.807, 2.05) is 0 Å². The molecule has 0 aromatic heterocycles. The number of carbonyl (C=O) groups excluding carboxylic acids is 1. The second-order valence-corrected chi connectivity index (χ2v) is 5.13. The first kappa shape index (κ1) is 16.7. The predicted octanol–water partition coefficient (Wildman–Crippen LogP) is 3.27. The molecule has 0 unspecified atom stereocenters. The van der Waals surface area contributed by atoms with E-state index >= 15 is 0 Å². The Hall–Kier alpha value is -2.69. The zero-order valence-electron chi connectivity index (χ0n) is 13.9. The number of aromatic hydroxyl groups is 1. The topological polar surface area (TPSA) is 65.0 Å². The normalized spacial score (nSPS) is 10.3. The van der Waals surface area contributed by atoms with Gasteiger partial charge in [-0.1, -0.05) is 0 Å². The molecule has 0 radical (unpaired) electrons. The molecule has 2 aromatic rings. The van der Waals surface area contributed by atoms with Crippen molar-refractivity contribution in [1.82, 2.24) is 0 Å². The van der Waals surface area contributed by atoms with Crippen molar-refractivity contribution in [2.75, 3.05) is 21.3 Å². The molecule has 0 spiro atoms. The van der Waals surface area contributed by atoms with Crippen LogP contribution in [0.5, 0.6) is 23.0 Å². The number of carbonyl (C=O) groups is 1. The van der Waals surface area contributed by atoms with Gasteiger partial charge < -0.3 is 19.3 Å². The first-order chi connectivity index (χ1) is 10.9. The van der Waals surface area contributed by atoms with Gasteiger partial charge in [-0.25, -0.2) is 0 Å². The van der Waals surface area contributed by atoms with E-state index in [-0.39, 0.29) is 11.5 Å². The molecule has 0 aliphatic carbocycles. The lowest BCUT2D eigenvalue weighted by Gasteiger charge is -2.15. The summed E-state index contributed by atoms with van der Waals surface area (Å²) in [6.07, 6.45) is 0. The maximum Gasteiger partial charge on any atom is 0.203 e. The SMILES string of the molecule is COc1cc(C(=O)c2ccc(O)c(C)c2C)cc(OC)c1OC. The van der Waals surface area contributed by atoms with Crippen LogP contribution in [0, 0.1) is 13.8 Å². The van der Waals surface area contributed by atoms with Crippen LogP contribution in [0.2, 0.25) is 0 Å². The van der Waals surface area contributed by atoms with Gasteiger partial charge in [0.25, 0.3) is 0 Å². The third-order valence-electron chi connectivity index (χ3n) is 3.93. The highest BCUT2D eigenvalue weighted by molar-refractivity contribution is 6.10. The minimum Gasteiger partial charge on any atom is -0.508 e. The number of ketones is 1. The van der Waals surface area contributed by atoms with E-state index in [0.717, 1.165) is 5.56 Å². The highest BCUT2D eigenvalue weighted by atomic mass is 16.5. The van der Waals surface area contributed by atoms with Crippen molar-refractivity contribution in [3.05, 3.63) is 46.5 Å². The summed E-state index contributed by atoms with van der Waals surface area (Å²) in [5.41, 5.74) is 2.37. The molecule has 122 valence electrons. The number of hydrogen-bond acceptors (Lipinski definition) is 5. The Labute approximate surface area is 135 Å². The molecule has 23 heavy (non-hydrogen) atoms. The summed E-state index contributed by atoms with van der Waals surface area (Å²) >= 11 is 0. The van der Waals surface area contributed by atoms with Gasteiger partial charge in [0.1, 0.15) is 5.75 Å². The Morgan fingerprint density at radius 3 is 1.96 bits per heavy atom. The lowest BCUT2D eigenvalue weighted by molar-refractivity contribution is 0.103. The van der Waals surface area contributed by atoms with Crippen molar-refractivity contribution in [2.24, 2.45) is 0 Å². The Balaban J connectivity index is 2.58. The van der Waals surface area contributed by atoms with Gasteiger partial charge in [-0.3, -0.25) is 4.79 Å². The largest absolute Gasteiger partial charge is 0.508 e. The van der Waals surface area contributed by atoms with Gasteiger partial charge in [-0.15, -0.1) is 0 Å². The second kappa shape index (κ2) is 6.60. The van der Waals surface area contributed by atoms with Crippen molar-refractivity contribution in [3.63, 3.8) is 0 Å². The van der Waals surface area contributed by atoms with Gasteiger partial charge in [0.05, 0.1) is 21.3 Å². The van der Waals surface area contributed by atoms with E-state index in [9.17, 15) is 9.90 Å². The van der Waals surface area contributed by atoms with Crippen LogP contribution in [-0.2, 0) is 0 Å². The number of hydrogen-bond donors (Lipinski definition) is 1. The zero-order chi connectivity index (χ0) is 17.1. The monoisotopic (exact) mass is 316 g/mol. The minimum absolute atomic E-state index is 0.170. The molecule has 0 bridgehead atoms. The molecule has 2 rings (SSSR count). The maximum absolute atomic E-state index is 12.8. The number of phenolic OH excluding ortho intramolecular Hbond substituents is 1. The van der Waals surface area contributed by atoms with Crippen molar-refractivity contribution < 1.29 is 24.1 Å². The molecule has 0 fully saturated rings. The quantitative estimate of drug-likeness (QED) is 0.858. The molecule has 0 amide bonds. The van der Waals surface area contributed by atoms with Gasteiger partial charge in [0, 0.05) is 11.1 Å². The third kappa shape index (κ3) is 2.95. The van der Waals surface area contributed by atoms with Gasteiger partial charge in [0.2, 0.25) is 5.75 Å². The van der Waals surface area contributed by atoms with Crippen LogP contribution in [0.3, 0.4) is 0 Å². The van der Waals surface area contributed by atoms with Crippen LogP contribution in [-0.4, -0.2) is 32.2 Å². The summed E-state index contributed by atoms with van der Waals surface area (Å²) in [5.74, 6) is 1.27. The van der Waals surface area contributed by atoms with Crippen molar-refractivity contribution >= 4 is 5.78 Å². The van der Waals surface area contributed by atoms with Crippen molar-refractivity contribution in [3.8, 4) is 23.0 Å². The number of phenols is 1. The lowest BCUT2D eigenvalue weighted by Crippen LogP contribution is -2.06. The summed E-state index contributed by atoms with van der Waals surface area (Å²) in [6, 6.07) is 6.37. The fraction of sp³-hybridized carbons (Fsp3) is 0.278. The van der Waals surface area contributed by atoms with Crippen LogP contribution < -0.4 is 14.2 Å². The molecular weight excluding hydrogens is 296 g/mol. The average Bonchev–Trinajstić information content (AvgIpc) is 2.57. The average molecular weight is 316 g/mol. The Morgan fingerprint density at radius 1 is 0.913 bits per heavy atom. The molecule has 5 heteroatoms. The minimum atomic E-state index is -0.176. The molecule has 0 aliphatic heterocycles. The standard InChI is InChI=1S/C18H20O5/c1-10-11(2)14(19)7-6-13(10)17(20)12-8-15(21-3)18(23-5)16(9-12)22-4/h6-9,19H,1-5H3. The van der Waals surface area contributed by atoms with E-state index in [2.05, 4.69) is 0 Å². The van der Waals surface area contributed by atoms with E-state index in [4.69, 9.17) is 14.2 Å². The summed E-state index contributed by atoms with van der Waals surface area (Å²) in [5, 5.41) is 9.74. The number of ether oxygens (including phenoxy) is 3. The van der Waals surface area contributed by atoms with Crippen molar-refractivity contribution in [2.45, 2.75) is 13.8 Å². The van der Waals surface area contributed by atoms with Gasteiger partial charge >= 0.3 is 0 Å². The summed E-state index contributed by atoms with van der Waals surface area (Å²) in [6.45, 7) is 3.58. The summed E-state index contributed by atoms with van der Waals surface area (Å²) in [4.78, 5) is 12.8. The van der Waals surface area contributed by atoms with E-state index in [1.54, 1.807) is 32.0 Å². The van der Waals surface area contributed by atoms with Crippen LogP contribution >= 0.6 is 0 Å². The second-order valence-electron chi connectivity index (χ2n) is 5.13. The molecule has 0 saturated heterocycles. The molecule has 1 N–H and O–H groups in total. The molecule has 5 nitrogen and oxygen atoms in total. The molecule has 0 aliphatic rings. The fourth-order valence-corrected chi connectivity index (χ4v) is 2.42. The van der Waals surface area contributed by atoms with E-state index in [0.29, 0.717) is 33.9 Å². The highest BCUT2D eigenvalue weighted by Crippen LogP contribution is 2.39. The summed E-state index contributed by atoms with van der Waals surface area (Å²) < 4.78 is 15.8. The van der Waals surface area contributed by atoms with Crippen molar-refractivity contribution in [1.29, 1.82) is 0 Å². The van der Waals surface area contributed by atoms with Gasteiger partial charge in [0.15, 0.2) is 17.3 Å². The molecule has 2 aromatic carbocycles. The van der Waals surface area contributed by atoms with Gasteiger partial charge in [-0.2, -0.15) is 0 Å². The molecule has 0 saturated carbocycles.